The van der Waals surface area contributed by atoms with Crippen molar-refractivity contribution in [2.75, 3.05) is 6.54 Å². The van der Waals surface area contributed by atoms with Crippen LogP contribution in [0.4, 0.5) is 0 Å². The third-order valence-electron chi connectivity index (χ3n) is 6.57. The molecule has 0 amide bonds. The number of nitrogens with zero attached hydrogens (tertiary/aromatic N) is 1. The second-order valence-electron chi connectivity index (χ2n) is 7.76. The van der Waals surface area contributed by atoms with Crippen molar-refractivity contribution in [3.8, 4) is 0 Å². The Bertz CT molecular complexity index is 291. The van der Waals surface area contributed by atoms with Crippen LogP contribution in [0.25, 0.3) is 5.32 Å². The second-order valence-corrected chi connectivity index (χ2v) is 10.8. The van der Waals surface area contributed by atoms with Gasteiger partial charge in [0, 0.05) is 0 Å². The summed E-state index contributed by atoms with van der Waals surface area (Å²) in [6.07, 6.45) is 4.03. The molecule has 0 radical (unpaired) electrons. The van der Waals surface area contributed by atoms with E-state index in [-0.39, 0.29) is 7.43 Å². The van der Waals surface area contributed by atoms with Crippen LogP contribution >= 0.6 is 18.8 Å². The van der Waals surface area contributed by atoms with Gasteiger partial charge in [-0.1, -0.05) is 60.8 Å². The third kappa shape index (κ3) is 5.11. The number of rotatable bonds is 2. The number of piperidine rings is 1. The van der Waals surface area contributed by atoms with E-state index in [2.05, 4.69) is 41.5 Å². The van der Waals surface area contributed by atoms with Crippen LogP contribution in [0, 0.1) is 42.4 Å². The van der Waals surface area contributed by atoms with Gasteiger partial charge in [0.1, 0.15) is 0 Å². The molecule has 0 bridgehead atoms. The van der Waals surface area contributed by atoms with Crippen molar-refractivity contribution >= 4 is 18.8 Å². The first-order valence-electron chi connectivity index (χ1n) is 8.34. The molecular weight excluding hydrogens is 397 g/mol. The zero-order chi connectivity index (χ0) is 16.2. The van der Waals surface area contributed by atoms with Crippen molar-refractivity contribution in [2.45, 2.75) is 66.8 Å². The molecule has 0 aromatic rings. The zero-order valence-corrected chi connectivity index (χ0v) is 18.9. The van der Waals surface area contributed by atoms with Crippen molar-refractivity contribution in [3.63, 3.8) is 0 Å². The Morgan fingerprint density at radius 2 is 1.36 bits per heavy atom. The zero-order valence-electron chi connectivity index (χ0n) is 15.4. The number of hydrogen-bond donors (Lipinski definition) is 0. The Labute approximate surface area is 156 Å². The van der Waals surface area contributed by atoms with Crippen molar-refractivity contribution in [3.05, 3.63) is 12.7 Å². The van der Waals surface area contributed by atoms with Gasteiger partial charge in [0.15, 0.2) is 0 Å². The second kappa shape index (κ2) is 10.3. The molecule has 0 aromatic carbocycles. The van der Waals surface area contributed by atoms with Crippen LogP contribution < -0.4 is 0 Å². The average Bonchev–Trinajstić information content (AvgIpc) is 2.65. The van der Waals surface area contributed by atoms with E-state index in [4.69, 9.17) is 24.2 Å². The van der Waals surface area contributed by atoms with Crippen LogP contribution in [0.1, 0.15) is 60.8 Å². The van der Waals surface area contributed by atoms with Crippen LogP contribution in [0.2, 0.25) is 0 Å². The predicted molar refractivity (Wildman–Crippen MR) is 97.9 cm³/mol. The molecule has 1 heterocycles. The van der Waals surface area contributed by atoms with Crippen LogP contribution in [-0.2, 0) is 16.5 Å². The molecule has 1 nitrogen and oxygen atoms in total. The SMILES string of the molecule is CC1C(C)C(C)C(C(C)(C)C2CCCC[N-]2)C1C.[CH3-].[Cl][Mo][Cl]. The molecule has 2 rings (SSSR count). The van der Waals surface area contributed by atoms with E-state index in [1.54, 1.807) is 0 Å². The predicted octanol–water partition coefficient (Wildman–Crippen LogP) is 6.94. The van der Waals surface area contributed by atoms with E-state index in [9.17, 15) is 0 Å². The standard InChI is InChI=1S/C17H32N.CH3.2ClH.Mo/c1-11-12(2)14(4)16(13(11)3)17(5,6)15-9-7-8-10-18-15;;;;/h11-16H,7-10H2,1-6H3;1H3;2*1H;/q2*-1;;;+2/p-2. The summed E-state index contributed by atoms with van der Waals surface area (Å²) in [5, 5.41) is 4.96. The molecule has 1 saturated carbocycles. The van der Waals surface area contributed by atoms with Crippen LogP contribution in [-0.4, -0.2) is 12.6 Å². The molecule has 0 N–H and O–H groups in total. The Balaban J connectivity index is 0.00000102. The molecule has 2 aliphatic rings. The summed E-state index contributed by atoms with van der Waals surface area (Å²) < 4.78 is 0. The van der Waals surface area contributed by atoms with E-state index in [0.29, 0.717) is 11.5 Å². The molecule has 5 unspecified atom stereocenters. The minimum absolute atomic E-state index is 0. The fourth-order valence-corrected chi connectivity index (χ4v) is 5.06. The fraction of sp³-hybridized carbons (Fsp3) is 0.944. The van der Waals surface area contributed by atoms with Gasteiger partial charge >= 0.3 is 35.3 Å². The molecular formula is C18H35Cl2MoN-2. The van der Waals surface area contributed by atoms with E-state index in [1.165, 1.54) is 19.3 Å². The van der Waals surface area contributed by atoms with Gasteiger partial charge in [0.25, 0.3) is 0 Å². The summed E-state index contributed by atoms with van der Waals surface area (Å²) in [5.41, 5.74) is 0.387. The first-order valence-corrected chi connectivity index (χ1v) is 13.5. The van der Waals surface area contributed by atoms with Crippen molar-refractivity contribution < 1.29 is 16.5 Å². The number of hydrogen-bond acceptors (Lipinski definition) is 0. The van der Waals surface area contributed by atoms with E-state index < -0.39 is 16.5 Å². The van der Waals surface area contributed by atoms with Gasteiger partial charge in [-0.3, -0.25) is 0 Å². The molecule has 0 aromatic heterocycles. The summed E-state index contributed by atoms with van der Waals surface area (Å²) >= 11 is -0.586. The van der Waals surface area contributed by atoms with Gasteiger partial charge in [0.2, 0.25) is 0 Å². The van der Waals surface area contributed by atoms with E-state index in [0.717, 1.165) is 36.1 Å². The summed E-state index contributed by atoms with van der Waals surface area (Å²) in [7, 11) is 9.79. The maximum absolute atomic E-state index is 4.96. The first-order chi connectivity index (χ1) is 9.78. The molecule has 4 heteroatoms. The first kappa shape index (κ1) is 23.2. The van der Waals surface area contributed by atoms with E-state index >= 15 is 0 Å². The Morgan fingerprint density at radius 3 is 1.73 bits per heavy atom. The Kier molecular flexibility index (Phi) is 10.8. The van der Waals surface area contributed by atoms with Crippen molar-refractivity contribution in [1.29, 1.82) is 0 Å². The van der Waals surface area contributed by atoms with Gasteiger partial charge in [-0.05, 0) is 35.0 Å². The van der Waals surface area contributed by atoms with Crippen LogP contribution in [0.5, 0.6) is 0 Å². The van der Waals surface area contributed by atoms with Crippen molar-refractivity contribution in [2.24, 2.45) is 35.0 Å². The van der Waals surface area contributed by atoms with Crippen molar-refractivity contribution in [1.82, 2.24) is 0 Å². The molecule has 2 fully saturated rings. The third-order valence-corrected chi connectivity index (χ3v) is 6.57. The Hall–Kier alpha value is 1.23. The van der Waals surface area contributed by atoms with Gasteiger partial charge in [-0.15, -0.1) is 12.6 Å². The summed E-state index contributed by atoms with van der Waals surface area (Å²) in [5.74, 6) is 4.28. The normalized spacial score (nSPS) is 38.7. The summed E-state index contributed by atoms with van der Waals surface area (Å²) in [4.78, 5) is 0. The Morgan fingerprint density at radius 1 is 0.909 bits per heavy atom. The molecule has 1 saturated heterocycles. The van der Waals surface area contributed by atoms with Gasteiger partial charge < -0.3 is 12.7 Å². The van der Waals surface area contributed by atoms with Gasteiger partial charge in [0.05, 0.1) is 0 Å². The molecule has 1 aliphatic carbocycles. The maximum atomic E-state index is 4.96. The minimum atomic E-state index is -0.586. The molecule has 0 spiro atoms. The molecule has 134 valence electrons. The monoisotopic (exact) mass is 433 g/mol. The molecule has 1 aliphatic heterocycles. The van der Waals surface area contributed by atoms with Crippen LogP contribution in [0.15, 0.2) is 0 Å². The van der Waals surface area contributed by atoms with Crippen LogP contribution in [0.3, 0.4) is 0 Å². The average molecular weight is 432 g/mol. The van der Waals surface area contributed by atoms with Gasteiger partial charge in [-0.2, -0.15) is 0 Å². The number of halogens is 2. The van der Waals surface area contributed by atoms with Gasteiger partial charge in [-0.25, -0.2) is 0 Å². The quantitative estimate of drug-likeness (QED) is 0.332. The summed E-state index contributed by atoms with van der Waals surface area (Å²) in [6.45, 7) is 16.0. The fourth-order valence-electron chi connectivity index (χ4n) is 5.06. The molecule has 5 atom stereocenters. The van der Waals surface area contributed by atoms with E-state index in [1.807, 2.05) is 0 Å². The summed E-state index contributed by atoms with van der Waals surface area (Å²) in [6, 6.07) is 0.610. The molecule has 22 heavy (non-hydrogen) atoms. The topological polar surface area (TPSA) is 14.1 Å².